The van der Waals surface area contributed by atoms with Crippen molar-refractivity contribution in [2.24, 2.45) is 5.92 Å². The van der Waals surface area contributed by atoms with Crippen molar-refractivity contribution >= 4 is 29.1 Å². The molecule has 0 radical (unpaired) electrons. The number of ether oxygens (including phenoxy) is 1. The van der Waals surface area contributed by atoms with Gasteiger partial charge in [0.25, 0.3) is 5.91 Å². The summed E-state index contributed by atoms with van der Waals surface area (Å²) in [5.74, 6) is -0.324. The van der Waals surface area contributed by atoms with E-state index in [1.807, 2.05) is 62.4 Å². The van der Waals surface area contributed by atoms with Gasteiger partial charge in [-0.2, -0.15) is 0 Å². The number of nitrogens with zero attached hydrogens (tertiary/aromatic N) is 1. The van der Waals surface area contributed by atoms with Gasteiger partial charge in [0.2, 0.25) is 11.8 Å². The van der Waals surface area contributed by atoms with E-state index in [1.54, 1.807) is 29.2 Å². The largest absolute Gasteiger partial charge is 0.484 e. The van der Waals surface area contributed by atoms with Crippen LogP contribution in [0.4, 0.5) is 11.4 Å². The minimum Gasteiger partial charge on any atom is -0.484 e. The SMILES string of the molecule is CCc1ccccc1NC(=O)COc1ccc(N2C[C@@H](C(=O)NCc3ccc(C)cc3)CC2=O)cc1. The van der Waals surface area contributed by atoms with E-state index in [0.29, 0.717) is 24.5 Å². The molecule has 0 bridgehead atoms. The second-order valence-electron chi connectivity index (χ2n) is 8.95. The smallest absolute Gasteiger partial charge is 0.262 e. The van der Waals surface area contributed by atoms with Gasteiger partial charge in [0.05, 0.1) is 5.92 Å². The number of benzene rings is 3. The van der Waals surface area contributed by atoms with Gasteiger partial charge in [0.1, 0.15) is 5.75 Å². The first-order chi connectivity index (χ1) is 17.4. The van der Waals surface area contributed by atoms with Crippen LogP contribution in [0.25, 0.3) is 0 Å². The number of aryl methyl sites for hydroxylation is 2. The summed E-state index contributed by atoms with van der Waals surface area (Å²) < 4.78 is 5.62. The Morgan fingerprint density at radius 1 is 1.00 bits per heavy atom. The van der Waals surface area contributed by atoms with Crippen molar-refractivity contribution in [3.8, 4) is 5.75 Å². The molecule has 1 atom stereocenters. The summed E-state index contributed by atoms with van der Waals surface area (Å²) in [6.07, 6.45) is 1.00. The number of para-hydroxylation sites is 1. The molecule has 7 heteroatoms. The molecule has 0 aromatic heterocycles. The first kappa shape index (κ1) is 25.0. The lowest BCUT2D eigenvalue weighted by atomic mass is 10.1. The summed E-state index contributed by atoms with van der Waals surface area (Å²) >= 11 is 0. The fraction of sp³-hybridized carbons (Fsp3) is 0.276. The van der Waals surface area contributed by atoms with Crippen LogP contribution in [0.3, 0.4) is 0 Å². The molecule has 0 aliphatic carbocycles. The Morgan fingerprint density at radius 3 is 2.44 bits per heavy atom. The molecule has 1 aliphatic rings. The predicted molar refractivity (Wildman–Crippen MR) is 140 cm³/mol. The highest BCUT2D eigenvalue weighted by Crippen LogP contribution is 2.27. The molecule has 36 heavy (non-hydrogen) atoms. The fourth-order valence-electron chi connectivity index (χ4n) is 4.18. The lowest BCUT2D eigenvalue weighted by Gasteiger charge is -2.17. The lowest BCUT2D eigenvalue weighted by Crippen LogP contribution is -2.32. The van der Waals surface area contributed by atoms with Gasteiger partial charge in [-0.05, 0) is 54.8 Å². The van der Waals surface area contributed by atoms with Gasteiger partial charge in [-0.25, -0.2) is 0 Å². The van der Waals surface area contributed by atoms with Gasteiger partial charge in [0.15, 0.2) is 6.61 Å². The quantitative estimate of drug-likeness (QED) is 0.475. The van der Waals surface area contributed by atoms with E-state index in [9.17, 15) is 14.4 Å². The number of rotatable bonds is 9. The molecule has 4 rings (SSSR count). The molecule has 3 amide bonds. The molecule has 0 unspecified atom stereocenters. The molecule has 186 valence electrons. The molecule has 0 spiro atoms. The Hall–Kier alpha value is -4.13. The summed E-state index contributed by atoms with van der Waals surface area (Å²) in [7, 11) is 0. The number of nitrogens with one attached hydrogen (secondary N) is 2. The number of hydrogen-bond acceptors (Lipinski definition) is 4. The molecule has 3 aromatic rings. The van der Waals surface area contributed by atoms with Gasteiger partial charge >= 0.3 is 0 Å². The van der Waals surface area contributed by atoms with Gasteiger partial charge in [0, 0.05) is 30.9 Å². The van der Waals surface area contributed by atoms with E-state index in [2.05, 4.69) is 10.6 Å². The van der Waals surface area contributed by atoms with Crippen molar-refractivity contribution in [2.45, 2.75) is 33.2 Å². The van der Waals surface area contributed by atoms with Crippen LogP contribution in [0.1, 0.15) is 30.0 Å². The summed E-state index contributed by atoms with van der Waals surface area (Å²) in [6.45, 7) is 4.70. The normalized spacial score (nSPS) is 15.0. The second kappa shape index (κ2) is 11.5. The number of amides is 3. The maximum Gasteiger partial charge on any atom is 0.262 e. The van der Waals surface area contributed by atoms with Gasteiger partial charge in [-0.15, -0.1) is 0 Å². The number of anilines is 2. The number of hydrogen-bond donors (Lipinski definition) is 2. The van der Waals surface area contributed by atoms with E-state index in [4.69, 9.17) is 4.74 Å². The molecule has 1 fully saturated rings. The molecule has 1 aliphatic heterocycles. The Labute approximate surface area is 211 Å². The molecule has 7 nitrogen and oxygen atoms in total. The van der Waals surface area contributed by atoms with Gasteiger partial charge < -0.3 is 20.3 Å². The Bertz CT molecular complexity index is 1220. The van der Waals surface area contributed by atoms with E-state index in [1.165, 1.54) is 5.56 Å². The highest BCUT2D eigenvalue weighted by atomic mass is 16.5. The van der Waals surface area contributed by atoms with Crippen LogP contribution in [-0.4, -0.2) is 30.9 Å². The zero-order valence-electron chi connectivity index (χ0n) is 20.6. The predicted octanol–water partition coefficient (Wildman–Crippen LogP) is 4.24. The number of carbonyl (C=O) groups is 3. The molecule has 3 aromatic carbocycles. The summed E-state index contributed by atoms with van der Waals surface area (Å²) in [6, 6.07) is 22.6. The van der Waals surface area contributed by atoms with Crippen LogP contribution >= 0.6 is 0 Å². The Balaban J connectivity index is 1.27. The molecule has 2 N–H and O–H groups in total. The highest BCUT2D eigenvalue weighted by Gasteiger charge is 2.35. The van der Waals surface area contributed by atoms with E-state index in [0.717, 1.165) is 23.2 Å². The lowest BCUT2D eigenvalue weighted by molar-refractivity contribution is -0.126. The standard InChI is InChI=1S/C29H31N3O4/c1-3-22-6-4-5-7-26(22)31-27(33)19-36-25-14-12-24(13-15-25)32-18-23(16-28(32)34)29(35)30-17-21-10-8-20(2)9-11-21/h4-15,23H,3,16-19H2,1-2H3,(H,30,35)(H,31,33)/t23-/m0/s1. The van der Waals surface area contributed by atoms with Crippen LogP contribution in [0.2, 0.25) is 0 Å². The third-order valence-corrected chi connectivity index (χ3v) is 6.27. The molecular formula is C29H31N3O4. The van der Waals surface area contributed by atoms with Crippen LogP contribution in [0, 0.1) is 12.8 Å². The third-order valence-electron chi connectivity index (χ3n) is 6.27. The van der Waals surface area contributed by atoms with E-state index < -0.39 is 5.92 Å². The molecular weight excluding hydrogens is 454 g/mol. The Kier molecular flexibility index (Phi) is 8.00. The van der Waals surface area contributed by atoms with Gasteiger partial charge in [-0.3, -0.25) is 14.4 Å². The monoisotopic (exact) mass is 485 g/mol. The van der Waals surface area contributed by atoms with E-state index >= 15 is 0 Å². The van der Waals surface area contributed by atoms with Crippen molar-refractivity contribution in [1.82, 2.24) is 5.32 Å². The summed E-state index contributed by atoms with van der Waals surface area (Å²) in [4.78, 5) is 39.1. The van der Waals surface area contributed by atoms with Crippen LogP contribution < -0.4 is 20.3 Å². The van der Waals surface area contributed by atoms with Crippen molar-refractivity contribution in [3.05, 3.63) is 89.5 Å². The first-order valence-corrected chi connectivity index (χ1v) is 12.2. The van der Waals surface area contributed by atoms with Gasteiger partial charge in [-0.1, -0.05) is 55.0 Å². The third kappa shape index (κ3) is 6.30. The average Bonchev–Trinajstić information content (AvgIpc) is 3.29. The second-order valence-corrected chi connectivity index (χ2v) is 8.95. The molecule has 0 saturated carbocycles. The van der Waals surface area contributed by atoms with Crippen molar-refractivity contribution in [2.75, 3.05) is 23.4 Å². The minimum atomic E-state index is -0.395. The number of carbonyl (C=O) groups excluding carboxylic acids is 3. The topological polar surface area (TPSA) is 87.7 Å². The first-order valence-electron chi connectivity index (χ1n) is 12.2. The average molecular weight is 486 g/mol. The highest BCUT2D eigenvalue weighted by molar-refractivity contribution is 6.00. The summed E-state index contributed by atoms with van der Waals surface area (Å²) in [5.41, 5.74) is 4.73. The fourth-order valence-corrected chi connectivity index (χ4v) is 4.18. The van der Waals surface area contributed by atoms with Crippen LogP contribution in [0.15, 0.2) is 72.8 Å². The minimum absolute atomic E-state index is 0.0897. The maximum absolute atomic E-state index is 12.6. The zero-order valence-corrected chi connectivity index (χ0v) is 20.6. The van der Waals surface area contributed by atoms with Crippen LogP contribution in [0.5, 0.6) is 5.75 Å². The van der Waals surface area contributed by atoms with Crippen molar-refractivity contribution in [3.63, 3.8) is 0 Å². The van der Waals surface area contributed by atoms with E-state index in [-0.39, 0.29) is 30.7 Å². The zero-order chi connectivity index (χ0) is 25.5. The Morgan fingerprint density at radius 2 is 1.72 bits per heavy atom. The van der Waals surface area contributed by atoms with Crippen LogP contribution in [-0.2, 0) is 27.3 Å². The van der Waals surface area contributed by atoms with Crippen molar-refractivity contribution in [1.29, 1.82) is 0 Å². The molecule has 1 saturated heterocycles. The van der Waals surface area contributed by atoms with Crippen molar-refractivity contribution < 1.29 is 19.1 Å². The maximum atomic E-state index is 12.6. The molecule has 1 heterocycles. The summed E-state index contributed by atoms with van der Waals surface area (Å²) in [5, 5.41) is 5.82.